The van der Waals surface area contributed by atoms with E-state index < -0.39 is 0 Å². The SMILES string of the molecule is Nc1nc(N)c2c(Cl)c(N(Cc3ccccc3)Cc3ccccc3)ccc2n1. The summed E-state index contributed by atoms with van der Waals surface area (Å²) < 4.78 is 0. The largest absolute Gasteiger partial charge is 0.383 e. The van der Waals surface area contributed by atoms with Gasteiger partial charge >= 0.3 is 0 Å². The molecule has 0 saturated heterocycles. The zero-order chi connectivity index (χ0) is 19.5. The maximum atomic E-state index is 6.78. The van der Waals surface area contributed by atoms with Gasteiger partial charge in [0, 0.05) is 13.1 Å². The third-order valence-corrected chi connectivity index (χ3v) is 4.98. The van der Waals surface area contributed by atoms with Crippen LogP contribution < -0.4 is 16.4 Å². The van der Waals surface area contributed by atoms with Crippen LogP contribution in [-0.4, -0.2) is 9.97 Å². The van der Waals surface area contributed by atoms with Crippen LogP contribution in [0.3, 0.4) is 0 Å². The Labute approximate surface area is 168 Å². The van der Waals surface area contributed by atoms with Gasteiger partial charge in [-0.3, -0.25) is 0 Å². The molecule has 4 N–H and O–H groups in total. The van der Waals surface area contributed by atoms with Gasteiger partial charge in [0.05, 0.1) is 21.6 Å². The molecular weight excluding hydrogens is 370 g/mol. The number of rotatable bonds is 5. The minimum Gasteiger partial charge on any atom is -0.383 e. The average Bonchev–Trinajstić information content (AvgIpc) is 2.69. The van der Waals surface area contributed by atoms with E-state index in [1.807, 2.05) is 48.5 Å². The summed E-state index contributed by atoms with van der Waals surface area (Å²) >= 11 is 6.78. The molecule has 0 radical (unpaired) electrons. The van der Waals surface area contributed by atoms with Gasteiger partial charge in [-0.2, -0.15) is 4.98 Å². The second-order valence-corrected chi connectivity index (χ2v) is 6.97. The molecule has 6 heteroatoms. The predicted molar refractivity (Wildman–Crippen MR) is 116 cm³/mol. The maximum Gasteiger partial charge on any atom is 0.222 e. The summed E-state index contributed by atoms with van der Waals surface area (Å²) in [5.41, 5.74) is 15.7. The fourth-order valence-electron chi connectivity index (χ4n) is 3.30. The number of aromatic nitrogens is 2. The maximum absolute atomic E-state index is 6.78. The van der Waals surface area contributed by atoms with Gasteiger partial charge in [-0.05, 0) is 23.3 Å². The molecule has 4 rings (SSSR count). The van der Waals surface area contributed by atoms with E-state index in [1.165, 1.54) is 11.1 Å². The highest BCUT2D eigenvalue weighted by molar-refractivity contribution is 6.39. The number of anilines is 3. The van der Waals surface area contributed by atoms with Crippen LogP contribution in [0.1, 0.15) is 11.1 Å². The Hall–Kier alpha value is -3.31. The smallest absolute Gasteiger partial charge is 0.222 e. The minimum atomic E-state index is 0.138. The van der Waals surface area contributed by atoms with Crippen molar-refractivity contribution in [2.45, 2.75) is 13.1 Å². The van der Waals surface area contributed by atoms with E-state index in [4.69, 9.17) is 23.1 Å². The summed E-state index contributed by atoms with van der Waals surface area (Å²) in [6, 6.07) is 24.4. The zero-order valence-electron chi connectivity index (χ0n) is 15.2. The number of hydrogen-bond acceptors (Lipinski definition) is 5. The first-order chi connectivity index (χ1) is 13.6. The quantitative estimate of drug-likeness (QED) is 0.519. The number of nitrogens with zero attached hydrogens (tertiary/aromatic N) is 3. The molecule has 0 atom stereocenters. The van der Waals surface area contributed by atoms with Crippen LogP contribution in [0.15, 0.2) is 72.8 Å². The van der Waals surface area contributed by atoms with Crippen LogP contribution in [-0.2, 0) is 13.1 Å². The Balaban J connectivity index is 1.80. The van der Waals surface area contributed by atoms with Crippen LogP contribution in [0.4, 0.5) is 17.5 Å². The van der Waals surface area contributed by atoms with Gasteiger partial charge in [-0.15, -0.1) is 0 Å². The predicted octanol–water partition coefficient (Wildman–Crippen LogP) is 4.65. The van der Waals surface area contributed by atoms with Crippen LogP contribution >= 0.6 is 11.6 Å². The summed E-state index contributed by atoms with van der Waals surface area (Å²) in [6.07, 6.45) is 0. The monoisotopic (exact) mass is 389 g/mol. The van der Waals surface area contributed by atoms with E-state index in [9.17, 15) is 0 Å². The minimum absolute atomic E-state index is 0.138. The Morgan fingerprint density at radius 2 is 1.32 bits per heavy atom. The number of nitrogen functional groups attached to an aromatic ring is 2. The first kappa shape index (κ1) is 18.1. The van der Waals surface area contributed by atoms with E-state index in [1.54, 1.807) is 0 Å². The molecule has 3 aromatic carbocycles. The van der Waals surface area contributed by atoms with Gasteiger partial charge in [0.1, 0.15) is 5.82 Å². The summed E-state index contributed by atoms with van der Waals surface area (Å²) in [5, 5.41) is 1.15. The van der Waals surface area contributed by atoms with Crippen LogP contribution in [0.5, 0.6) is 0 Å². The molecule has 0 aliphatic rings. The third-order valence-electron chi connectivity index (χ3n) is 4.60. The van der Waals surface area contributed by atoms with Crippen molar-refractivity contribution in [3.63, 3.8) is 0 Å². The Kier molecular flexibility index (Phi) is 5.00. The van der Waals surface area contributed by atoms with Gasteiger partial charge in [0.25, 0.3) is 0 Å². The highest BCUT2D eigenvalue weighted by Gasteiger charge is 2.17. The molecular formula is C22H20ClN5. The summed E-state index contributed by atoms with van der Waals surface area (Å²) in [7, 11) is 0. The molecule has 1 aromatic heterocycles. The van der Waals surface area contributed by atoms with Crippen LogP contribution in [0.25, 0.3) is 10.9 Å². The number of benzene rings is 3. The second kappa shape index (κ2) is 7.74. The van der Waals surface area contributed by atoms with Gasteiger partial charge < -0.3 is 16.4 Å². The average molecular weight is 390 g/mol. The highest BCUT2D eigenvalue weighted by Crippen LogP contribution is 2.37. The van der Waals surface area contributed by atoms with Gasteiger partial charge in [0.2, 0.25) is 5.95 Å². The molecule has 0 unspecified atom stereocenters. The van der Waals surface area contributed by atoms with Crippen molar-refractivity contribution in [3.8, 4) is 0 Å². The molecule has 1 heterocycles. The molecule has 0 saturated carbocycles. The summed E-state index contributed by atoms with van der Waals surface area (Å²) in [4.78, 5) is 10.5. The van der Waals surface area contributed by atoms with Crippen LogP contribution in [0, 0.1) is 0 Å². The Morgan fingerprint density at radius 1 is 0.750 bits per heavy atom. The van der Waals surface area contributed by atoms with E-state index in [2.05, 4.69) is 39.1 Å². The first-order valence-corrected chi connectivity index (χ1v) is 9.33. The Morgan fingerprint density at radius 3 is 1.89 bits per heavy atom. The lowest BCUT2D eigenvalue weighted by atomic mass is 10.1. The summed E-state index contributed by atoms with van der Waals surface area (Å²) in [6.45, 7) is 1.41. The number of fused-ring (bicyclic) bond motifs is 1. The fourth-order valence-corrected chi connectivity index (χ4v) is 3.67. The molecule has 0 fully saturated rings. The van der Waals surface area contributed by atoms with Crippen molar-refractivity contribution in [1.82, 2.24) is 9.97 Å². The molecule has 0 bridgehead atoms. The van der Waals surface area contributed by atoms with Crippen molar-refractivity contribution in [3.05, 3.63) is 88.9 Å². The first-order valence-electron chi connectivity index (χ1n) is 8.96. The molecule has 5 nitrogen and oxygen atoms in total. The fraction of sp³-hybridized carbons (Fsp3) is 0.0909. The van der Waals surface area contributed by atoms with Crippen molar-refractivity contribution >= 4 is 40.0 Å². The lowest BCUT2D eigenvalue weighted by molar-refractivity contribution is 0.801. The molecule has 28 heavy (non-hydrogen) atoms. The van der Waals surface area contributed by atoms with Crippen molar-refractivity contribution < 1.29 is 0 Å². The lowest BCUT2D eigenvalue weighted by Crippen LogP contribution is -2.22. The molecule has 0 aliphatic carbocycles. The van der Waals surface area contributed by atoms with Crippen molar-refractivity contribution in [1.29, 1.82) is 0 Å². The Bertz CT molecular complexity index is 1060. The molecule has 0 spiro atoms. The standard InChI is InChI=1S/C22H20ClN5/c23-20-18(12-11-17-19(20)21(24)27-22(25)26-17)28(13-15-7-3-1-4-8-15)14-16-9-5-2-6-10-16/h1-12H,13-14H2,(H4,24,25,26,27). The topological polar surface area (TPSA) is 81.1 Å². The zero-order valence-corrected chi connectivity index (χ0v) is 16.0. The molecule has 0 amide bonds. The van der Waals surface area contributed by atoms with Gasteiger partial charge in [-0.25, -0.2) is 4.98 Å². The number of nitrogens with two attached hydrogens (primary N) is 2. The molecule has 0 aliphatic heterocycles. The van der Waals surface area contributed by atoms with E-state index in [0.29, 0.717) is 29.0 Å². The van der Waals surface area contributed by atoms with E-state index in [0.717, 1.165) is 5.69 Å². The number of hydrogen-bond donors (Lipinski definition) is 2. The van der Waals surface area contributed by atoms with E-state index in [-0.39, 0.29) is 11.8 Å². The van der Waals surface area contributed by atoms with Crippen molar-refractivity contribution in [2.24, 2.45) is 0 Å². The van der Waals surface area contributed by atoms with Gasteiger partial charge in [0.15, 0.2) is 0 Å². The van der Waals surface area contributed by atoms with Crippen LogP contribution in [0.2, 0.25) is 5.02 Å². The third kappa shape index (κ3) is 3.70. The second-order valence-electron chi connectivity index (χ2n) is 6.59. The van der Waals surface area contributed by atoms with Gasteiger partial charge in [-0.1, -0.05) is 72.3 Å². The van der Waals surface area contributed by atoms with E-state index >= 15 is 0 Å². The summed E-state index contributed by atoms with van der Waals surface area (Å²) in [5.74, 6) is 0.424. The number of halogens is 1. The highest BCUT2D eigenvalue weighted by atomic mass is 35.5. The molecule has 4 aromatic rings. The molecule has 140 valence electrons. The normalized spacial score (nSPS) is 10.9. The van der Waals surface area contributed by atoms with Crippen molar-refractivity contribution in [2.75, 3.05) is 16.4 Å². The lowest BCUT2D eigenvalue weighted by Gasteiger charge is -2.27.